The summed E-state index contributed by atoms with van der Waals surface area (Å²) in [4.78, 5) is 12.0. The van der Waals surface area contributed by atoms with E-state index >= 15 is 0 Å². The zero-order valence-corrected chi connectivity index (χ0v) is 9.21. The van der Waals surface area contributed by atoms with Crippen molar-refractivity contribution < 1.29 is 9.53 Å². The van der Waals surface area contributed by atoms with E-state index in [9.17, 15) is 4.79 Å². The molecule has 0 aromatic carbocycles. The number of carbonyl (C=O) groups is 1. The highest BCUT2D eigenvalue weighted by Crippen LogP contribution is 2.37. The molecule has 0 aromatic rings. The smallest absolute Gasteiger partial charge is 0.169 e. The van der Waals surface area contributed by atoms with Gasteiger partial charge in [0.05, 0.1) is 6.61 Å². The predicted molar refractivity (Wildman–Crippen MR) is 55.1 cm³/mol. The fraction of sp³-hybridized carbons (Fsp3) is 0.917. The summed E-state index contributed by atoms with van der Waals surface area (Å²) in [6.45, 7) is 4.47. The number of Topliss-reactive ketones (excluding diaryl/α,β-unsaturated/α-hetero) is 1. The van der Waals surface area contributed by atoms with Crippen molar-refractivity contribution in [1.82, 2.24) is 0 Å². The molecule has 1 heterocycles. The topological polar surface area (TPSA) is 26.3 Å². The lowest BCUT2D eigenvalue weighted by Gasteiger charge is -2.25. The van der Waals surface area contributed by atoms with Crippen LogP contribution in [-0.2, 0) is 9.53 Å². The molecule has 1 saturated heterocycles. The van der Waals surface area contributed by atoms with E-state index in [0.29, 0.717) is 18.3 Å². The van der Waals surface area contributed by atoms with Crippen molar-refractivity contribution >= 4 is 5.78 Å². The van der Waals surface area contributed by atoms with Gasteiger partial charge in [0.1, 0.15) is 5.60 Å². The van der Waals surface area contributed by atoms with Crippen LogP contribution >= 0.6 is 0 Å². The van der Waals surface area contributed by atoms with Gasteiger partial charge >= 0.3 is 0 Å². The molecular formula is C12H20O2. The van der Waals surface area contributed by atoms with Crippen LogP contribution in [0.1, 0.15) is 46.0 Å². The van der Waals surface area contributed by atoms with E-state index in [-0.39, 0.29) is 5.92 Å². The van der Waals surface area contributed by atoms with Crippen LogP contribution < -0.4 is 0 Å². The van der Waals surface area contributed by atoms with Crippen molar-refractivity contribution in [3.8, 4) is 0 Å². The standard InChI is InChI=1S/C12H20O2/c1-12(2)11(13)10(8-14-12)9-6-4-3-5-7-9/h9-10H,3-8H2,1-2H3. The summed E-state index contributed by atoms with van der Waals surface area (Å²) in [7, 11) is 0. The Kier molecular flexibility index (Phi) is 2.65. The lowest BCUT2D eigenvalue weighted by atomic mass is 9.77. The third-order valence-electron chi connectivity index (χ3n) is 3.77. The molecule has 0 amide bonds. The van der Waals surface area contributed by atoms with Crippen LogP contribution in [0.3, 0.4) is 0 Å². The summed E-state index contributed by atoms with van der Waals surface area (Å²) < 4.78 is 5.57. The van der Waals surface area contributed by atoms with Crippen LogP contribution in [-0.4, -0.2) is 18.0 Å². The summed E-state index contributed by atoms with van der Waals surface area (Å²) in [5, 5.41) is 0. The van der Waals surface area contributed by atoms with E-state index < -0.39 is 5.60 Å². The molecule has 1 aliphatic carbocycles. The molecule has 2 rings (SSSR count). The van der Waals surface area contributed by atoms with Crippen LogP contribution in [0, 0.1) is 11.8 Å². The van der Waals surface area contributed by atoms with Crippen LogP contribution in [0.15, 0.2) is 0 Å². The Morgan fingerprint density at radius 3 is 2.36 bits per heavy atom. The Balaban J connectivity index is 2.02. The molecule has 0 radical (unpaired) electrons. The SMILES string of the molecule is CC1(C)OCC(C2CCCCC2)C1=O. The van der Waals surface area contributed by atoms with Crippen molar-refractivity contribution in [2.75, 3.05) is 6.61 Å². The maximum Gasteiger partial charge on any atom is 0.169 e. The highest BCUT2D eigenvalue weighted by atomic mass is 16.5. The molecule has 0 aromatic heterocycles. The summed E-state index contributed by atoms with van der Waals surface area (Å²) in [5.74, 6) is 1.15. The Morgan fingerprint density at radius 2 is 1.86 bits per heavy atom. The Labute approximate surface area is 86.0 Å². The van der Waals surface area contributed by atoms with Crippen molar-refractivity contribution in [3.63, 3.8) is 0 Å². The van der Waals surface area contributed by atoms with E-state index in [1.807, 2.05) is 13.8 Å². The summed E-state index contributed by atoms with van der Waals surface area (Å²) in [6.07, 6.45) is 6.41. The van der Waals surface area contributed by atoms with E-state index in [2.05, 4.69) is 0 Å². The monoisotopic (exact) mass is 196 g/mol. The molecule has 1 aliphatic heterocycles. The number of ether oxygens (including phenoxy) is 1. The molecule has 2 heteroatoms. The first-order valence-electron chi connectivity index (χ1n) is 5.79. The predicted octanol–water partition coefficient (Wildman–Crippen LogP) is 2.56. The summed E-state index contributed by atoms with van der Waals surface area (Å²) >= 11 is 0. The average molecular weight is 196 g/mol. The van der Waals surface area contributed by atoms with Crippen LogP contribution in [0.5, 0.6) is 0 Å². The zero-order chi connectivity index (χ0) is 10.2. The van der Waals surface area contributed by atoms with Crippen LogP contribution in [0.25, 0.3) is 0 Å². The molecule has 1 unspecified atom stereocenters. The van der Waals surface area contributed by atoms with Crippen molar-refractivity contribution in [2.24, 2.45) is 11.8 Å². The molecule has 2 fully saturated rings. The Bertz CT molecular complexity index is 226. The van der Waals surface area contributed by atoms with Gasteiger partial charge in [-0.2, -0.15) is 0 Å². The average Bonchev–Trinajstić information content (AvgIpc) is 2.44. The van der Waals surface area contributed by atoms with Gasteiger partial charge in [0.15, 0.2) is 5.78 Å². The first-order chi connectivity index (χ1) is 6.61. The highest BCUT2D eigenvalue weighted by Gasteiger charge is 2.44. The maximum atomic E-state index is 12.0. The van der Waals surface area contributed by atoms with Crippen molar-refractivity contribution in [1.29, 1.82) is 0 Å². The molecule has 14 heavy (non-hydrogen) atoms. The second kappa shape index (κ2) is 3.65. The number of rotatable bonds is 1. The van der Waals surface area contributed by atoms with Crippen LogP contribution in [0.2, 0.25) is 0 Å². The fourth-order valence-electron chi connectivity index (χ4n) is 2.78. The van der Waals surface area contributed by atoms with Gasteiger partial charge in [0, 0.05) is 5.92 Å². The quantitative estimate of drug-likeness (QED) is 0.644. The van der Waals surface area contributed by atoms with Crippen molar-refractivity contribution in [2.45, 2.75) is 51.6 Å². The van der Waals surface area contributed by atoms with E-state index in [0.717, 1.165) is 0 Å². The normalized spacial score (nSPS) is 33.6. The zero-order valence-electron chi connectivity index (χ0n) is 9.21. The minimum absolute atomic E-state index is 0.199. The van der Waals surface area contributed by atoms with Gasteiger partial charge in [-0.3, -0.25) is 4.79 Å². The van der Waals surface area contributed by atoms with E-state index in [1.54, 1.807) is 0 Å². The van der Waals surface area contributed by atoms with Gasteiger partial charge in [-0.05, 0) is 32.6 Å². The molecule has 2 nitrogen and oxygen atoms in total. The lowest BCUT2D eigenvalue weighted by Crippen LogP contribution is -2.33. The number of hydrogen-bond acceptors (Lipinski definition) is 2. The highest BCUT2D eigenvalue weighted by molar-refractivity contribution is 5.90. The first-order valence-corrected chi connectivity index (χ1v) is 5.79. The largest absolute Gasteiger partial charge is 0.367 e. The third-order valence-corrected chi connectivity index (χ3v) is 3.77. The number of carbonyl (C=O) groups excluding carboxylic acids is 1. The molecule has 0 spiro atoms. The van der Waals surface area contributed by atoms with Gasteiger partial charge < -0.3 is 4.74 Å². The second-order valence-corrected chi connectivity index (χ2v) is 5.19. The lowest BCUT2D eigenvalue weighted by molar-refractivity contribution is -0.131. The molecule has 80 valence electrons. The molecule has 0 N–H and O–H groups in total. The number of ketones is 1. The summed E-state index contributed by atoms with van der Waals surface area (Å²) in [5.41, 5.74) is -0.512. The summed E-state index contributed by atoms with van der Waals surface area (Å²) in [6, 6.07) is 0. The number of hydrogen-bond donors (Lipinski definition) is 0. The molecule has 1 atom stereocenters. The minimum atomic E-state index is -0.512. The van der Waals surface area contributed by atoms with Gasteiger partial charge in [-0.15, -0.1) is 0 Å². The molecule has 0 bridgehead atoms. The Morgan fingerprint density at radius 1 is 1.21 bits per heavy atom. The van der Waals surface area contributed by atoms with Gasteiger partial charge in [0.25, 0.3) is 0 Å². The first kappa shape index (κ1) is 10.2. The van der Waals surface area contributed by atoms with Gasteiger partial charge in [-0.1, -0.05) is 19.3 Å². The molecule has 1 saturated carbocycles. The minimum Gasteiger partial charge on any atom is -0.367 e. The third kappa shape index (κ3) is 1.72. The van der Waals surface area contributed by atoms with E-state index in [4.69, 9.17) is 4.74 Å². The van der Waals surface area contributed by atoms with Crippen molar-refractivity contribution in [3.05, 3.63) is 0 Å². The van der Waals surface area contributed by atoms with Gasteiger partial charge in [0.2, 0.25) is 0 Å². The van der Waals surface area contributed by atoms with E-state index in [1.165, 1.54) is 32.1 Å². The second-order valence-electron chi connectivity index (χ2n) is 5.19. The van der Waals surface area contributed by atoms with Gasteiger partial charge in [-0.25, -0.2) is 0 Å². The fourth-order valence-corrected chi connectivity index (χ4v) is 2.78. The maximum absolute atomic E-state index is 12.0. The Hall–Kier alpha value is -0.370. The molecular weight excluding hydrogens is 176 g/mol. The molecule has 2 aliphatic rings. The van der Waals surface area contributed by atoms with Crippen LogP contribution in [0.4, 0.5) is 0 Å².